The van der Waals surface area contributed by atoms with Gasteiger partial charge in [0.05, 0.1) is 39.9 Å². The Morgan fingerprint density at radius 3 is 1.70 bits per heavy atom. The molecule has 0 aromatic heterocycles. The number of likely N-dealkylation sites (N-methyl/N-ethyl adjacent to an activating group) is 1. The average molecular weight is 821 g/mol. The summed E-state index contributed by atoms with van der Waals surface area (Å²) in [6, 6.07) is -1.11. The van der Waals surface area contributed by atoms with Gasteiger partial charge in [-0.1, -0.05) is 131 Å². The number of hydrogen-bond donors (Lipinski definition) is 3. The van der Waals surface area contributed by atoms with Crippen LogP contribution in [-0.4, -0.2) is 79.8 Å². The second kappa shape index (κ2) is 38.1. The minimum atomic E-state index is -4.68. The van der Waals surface area contributed by atoms with Crippen molar-refractivity contribution in [2.75, 3.05) is 40.9 Å². The predicted octanol–water partition coefficient (Wildman–Crippen LogP) is 10.8. The summed E-state index contributed by atoms with van der Waals surface area (Å²) in [6.45, 7) is 4.14. The van der Waals surface area contributed by atoms with Crippen molar-refractivity contribution in [3.63, 3.8) is 0 Å². The molecule has 0 aliphatic rings. The molecule has 330 valence electrons. The SMILES string of the molecule is C/C=C/CC/C=C/CC/C=C/CCCC(O)C(O)C(COP(=O)([O-])OCC[N+](C)(C)C)NC(=O)CCCCCCCC/C=C\C/C=C\C/C=C\CCCCCCC. The number of rotatable bonds is 39. The number of phosphoric acid groups is 1. The number of hydrogen-bond acceptors (Lipinski definition) is 7. The van der Waals surface area contributed by atoms with Crippen molar-refractivity contribution in [1.82, 2.24) is 5.32 Å². The fourth-order valence-electron chi connectivity index (χ4n) is 5.94. The Hall–Kier alpha value is -2.10. The number of unbranched alkanes of at least 4 members (excludes halogenated alkanes) is 14. The predicted molar refractivity (Wildman–Crippen MR) is 239 cm³/mol. The van der Waals surface area contributed by atoms with Gasteiger partial charge in [-0.25, -0.2) is 0 Å². The first kappa shape index (κ1) is 54.9. The van der Waals surface area contributed by atoms with Crippen molar-refractivity contribution in [2.45, 2.75) is 180 Å². The lowest BCUT2D eigenvalue weighted by atomic mass is 10.0. The third-order valence-electron chi connectivity index (χ3n) is 9.56. The van der Waals surface area contributed by atoms with Crippen molar-refractivity contribution >= 4 is 13.7 Å². The Balaban J connectivity index is 4.54. The number of carbonyl (C=O) groups is 1. The fraction of sp³-hybridized carbons (Fsp3) is 0.723. The maximum atomic E-state index is 12.9. The number of carbonyl (C=O) groups excluding carboxylic acids is 1. The number of allylic oxidation sites excluding steroid dienone is 12. The number of amides is 1. The molecule has 9 nitrogen and oxygen atoms in total. The van der Waals surface area contributed by atoms with E-state index in [2.05, 4.69) is 85.2 Å². The number of aliphatic hydroxyl groups excluding tert-OH is 2. The summed E-state index contributed by atoms with van der Waals surface area (Å²) in [5, 5.41) is 24.5. The Kier molecular flexibility index (Phi) is 36.7. The highest BCUT2D eigenvalue weighted by Crippen LogP contribution is 2.38. The third-order valence-corrected chi connectivity index (χ3v) is 10.5. The summed E-state index contributed by atoms with van der Waals surface area (Å²) in [5.41, 5.74) is 0. The molecule has 0 aromatic rings. The van der Waals surface area contributed by atoms with Crippen LogP contribution in [0.4, 0.5) is 0 Å². The van der Waals surface area contributed by atoms with Crippen molar-refractivity contribution < 1.29 is 38.0 Å². The summed E-state index contributed by atoms with van der Waals surface area (Å²) >= 11 is 0. The Labute approximate surface area is 349 Å². The summed E-state index contributed by atoms with van der Waals surface area (Å²) in [6.07, 6.45) is 46.7. The molecule has 1 amide bonds. The highest BCUT2D eigenvalue weighted by molar-refractivity contribution is 7.45. The molecule has 0 saturated carbocycles. The molecular weight excluding hydrogens is 735 g/mol. The van der Waals surface area contributed by atoms with Crippen molar-refractivity contribution in [3.05, 3.63) is 72.9 Å². The molecule has 0 rings (SSSR count). The van der Waals surface area contributed by atoms with Gasteiger partial charge in [0.1, 0.15) is 19.3 Å². The molecule has 0 heterocycles. The van der Waals surface area contributed by atoms with Crippen LogP contribution in [0, 0.1) is 0 Å². The van der Waals surface area contributed by atoms with Crippen LogP contribution < -0.4 is 10.2 Å². The second-order valence-corrected chi connectivity index (χ2v) is 17.6. The van der Waals surface area contributed by atoms with Gasteiger partial charge in [0.2, 0.25) is 5.91 Å². The van der Waals surface area contributed by atoms with Crippen LogP contribution in [0.2, 0.25) is 0 Å². The highest BCUT2D eigenvalue weighted by atomic mass is 31.2. The van der Waals surface area contributed by atoms with Crippen molar-refractivity contribution in [3.8, 4) is 0 Å². The van der Waals surface area contributed by atoms with E-state index >= 15 is 0 Å². The summed E-state index contributed by atoms with van der Waals surface area (Å²) in [7, 11) is 1.07. The van der Waals surface area contributed by atoms with Crippen LogP contribution in [0.25, 0.3) is 0 Å². The van der Waals surface area contributed by atoms with Crippen LogP contribution in [0.1, 0.15) is 162 Å². The third kappa shape index (κ3) is 39.1. The molecule has 0 bridgehead atoms. The van der Waals surface area contributed by atoms with E-state index in [4.69, 9.17) is 9.05 Å². The normalized spacial score (nSPS) is 15.6. The van der Waals surface area contributed by atoms with Gasteiger partial charge in [-0.3, -0.25) is 9.36 Å². The summed E-state index contributed by atoms with van der Waals surface area (Å²) < 4.78 is 23.1. The number of nitrogens with one attached hydrogen (secondary N) is 1. The molecule has 0 aliphatic carbocycles. The first-order valence-corrected chi connectivity index (χ1v) is 23.8. The first-order chi connectivity index (χ1) is 27.4. The van der Waals surface area contributed by atoms with E-state index in [0.717, 1.165) is 83.5 Å². The maximum Gasteiger partial charge on any atom is 0.268 e. The van der Waals surface area contributed by atoms with Crippen LogP contribution in [0.15, 0.2) is 72.9 Å². The van der Waals surface area contributed by atoms with Gasteiger partial charge in [0.15, 0.2) is 0 Å². The van der Waals surface area contributed by atoms with Crippen molar-refractivity contribution in [2.24, 2.45) is 0 Å². The molecule has 0 saturated heterocycles. The Morgan fingerprint density at radius 1 is 0.667 bits per heavy atom. The van der Waals surface area contributed by atoms with E-state index in [-0.39, 0.29) is 18.9 Å². The molecule has 57 heavy (non-hydrogen) atoms. The number of quaternary nitrogens is 1. The number of aliphatic hydroxyl groups is 2. The smallest absolute Gasteiger partial charge is 0.268 e. The molecule has 0 radical (unpaired) electrons. The molecule has 0 aromatic carbocycles. The van der Waals surface area contributed by atoms with E-state index in [1.165, 1.54) is 38.5 Å². The number of phosphoric ester groups is 1. The lowest BCUT2D eigenvalue weighted by molar-refractivity contribution is -0.870. The van der Waals surface area contributed by atoms with E-state index in [9.17, 15) is 24.5 Å². The molecule has 10 heteroatoms. The maximum absolute atomic E-state index is 12.9. The lowest BCUT2D eigenvalue weighted by Crippen LogP contribution is -2.51. The zero-order valence-electron chi connectivity index (χ0n) is 36.9. The molecular formula is C47H85N2O7P. The summed E-state index contributed by atoms with van der Waals surface area (Å²) in [5.74, 6) is -0.312. The van der Waals surface area contributed by atoms with Gasteiger partial charge in [-0.2, -0.15) is 0 Å². The van der Waals surface area contributed by atoms with Gasteiger partial charge in [-0.15, -0.1) is 0 Å². The molecule has 0 fully saturated rings. The molecule has 0 spiro atoms. The summed E-state index contributed by atoms with van der Waals surface area (Å²) in [4.78, 5) is 25.4. The van der Waals surface area contributed by atoms with Crippen LogP contribution >= 0.6 is 7.82 Å². The lowest BCUT2D eigenvalue weighted by Gasteiger charge is -2.31. The van der Waals surface area contributed by atoms with Gasteiger partial charge >= 0.3 is 0 Å². The standard InChI is InChI=1S/C47H85N2O7P/c1-6-8-10-12-14-16-18-20-21-22-23-24-25-26-27-28-30-32-34-36-38-40-46(51)48-44(43-56-57(53,54)55-42-41-49(3,4)5)47(52)45(50)39-37-35-33-31-29-19-17-15-13-11-9-7-2/h7,9,15,17-18,20,22-23,25-26,31,33,44-45,47,50,52H,6,8,10-14,16,19,21,24,27-30,32,34-43H2,1-5H3,(H-,48,51,53,54)/b9-7+,17-15+,20-18-,23-22-,26-25-,33-31+. The second-order valence-electron chi connectivity index (χ2n) is 16.2. The van der Waals surface area contributed by atoms with E-state index < -0.39 is 32.7 Å². The minimum Gasteiger partial charge on any atom is -0.756 e. The molecule has 0 aliphatic heterocycles. The minimum absolute atomic E-state index is 0.0568. The zero-order valence-corrected chi connectivity index (χ0v) is 37.8. The Morgan fingerprint density at radius 2 is 1.14 bits per heavy atom. The van der Waals surface area contributed by atoms with Gasteiger partial charge in [0.25, 0.3) is 7.82 Å². The highest BCUT2D eigenvalue weighted by Gasteiger charge is 2.29. The topological polar surface area (TPSA) is 128 Å². The van der Waals surface area contributed by atoms with Crippen LogP contribution in [0.3, 0.4) is 0 Å². The molecule has 4 unspecified atom stereocenters. The molecule has 4 atom stereocenters. The first-order valence-electron chi connectivity index (χ1n) is 22.3. The van der Waals surface area contributed by atoms with Gasteiger partial charge in [0, 0.05) is 6.42 Å². The zero-order chi connectivity index (χ0) is 42.3. The largest absolute Gasteiger partial charge is 0.756 e. The number of nitrogens with zero attached hydrogens (tertiary/aromatic N) is 1. The quantitative estimate of drug-likeness (QED) is 0.0244. The van der Waals surface area contributed by atoms with Crippen LogP contribution in [-0.2, 0) is 18.4 Å². The Bertz CT molecular complexity index is 1170. The van der Waals surface area contributed by atoms with Gasteiger partial charge in [-0.05, 0) is 96.8 Å². The van der Waals surface area contributed by atoms with E-state index in [0.29, 0.717) is 30.3 Å². The van der Waals surface area contributed by atoms with E-state index in [1.807, 2.05) is 28.1 Å². The molecule has 3 N–H and O–H groups in total. The monoisotopic (exact) mass is 821 g/mol. The average Bonchev–Trinajstić information content (AvgIpc) is 3.16. The fourth-order valence-corrected chi connectivity index (χ4v) is 6.67. The van der Waals surface area contributed by atoms with Gasteiger partial charge < -0.3 is 34.0 Å². The van der Waals surface area contributed by atoms with E-state index in [1.54, 1.807) is 0 Å². The van der Waals surface area contributed by atoms with Crippen molar-refractivity contribution in [1.29, 1.82) is 0 Å². The van der Waals surface area contributed by atoms with Crippen LogP contribution in [0.5, 0.6) is 0 Å².